The van der Waals surface area contributed by atoms with E-state index in [9.17, 15) is 4.79 Å². The second kappa shape index (κ2) is 4.93. The summed E-state index contributed by atoms with van der Waals surface area (Å²) in [4.78, 5) is 11.3. The van der Waals surface area contributed by atoms with Gasteiger partial charge in [0.05, 0.1) is 5.02 Å². The number of carbonyl (C=O) groups is 1. The Hall–Kier alpha value is -0.130. The Morgan fingerprint density at radius 2 is 2.31 bits per heavy atom. The number of Topliss-reactive ketones (excluding diaryl/α,β-unsaturated/α-hetero) is 1. The minimum atomic E-state index is -0.0548. The molecule has 0 aromatic heterocycles. The molecule has 0 radical (unpaired) electrons. The van der Waals surface area contributed by atoms with Gasteiger partial charge in [0.15, 0.2) is 5.78 Å². The summed E-state index contributed by atoms with van der Waals surface area (Å²) in [5.74, 6) is -0.0548. The van der Waals surface area contributed by atoms with Gasteiger partial charge >= 0.3 is 0 Å². The first-order valence-corrected chi connectivity index (χ1v) is 5.08. The average molecular weight is 311 g/mol. The standard InChI is InChI=1S/C9H8ClIO2/c1-13-5-9(12)6-2-3-8(11)7(10)4-6/h2-4H,5H2,1H3. The van der Waals surface area contributed by atoms with Crippen LogP contribution < -0.4 is 0 Å². The molecular formula is C9H8ClIO2. The summed E-state index contributed by atoms with van der Waals surface area (Å²) >= 11 is 7.97. The molecule has 0 amide bonds. The zero-order valence-corrected chi connectivity index (χ0v) is 9.93. The number of ether oxygens (including phenoxy) is 1. The first-order chi connectivity index (χ1) is 6.15. The predicted octanol–water partition coefficient (Wildman–Crippen LogP) is 2.77. The normalized spacial score (nSPS) is 10.1. The van der Waals surface area contributed by atoms with Gasteiger partial charge in [-0.05, 0) is 34.7 Å². The fraction of sp³-hybridized carbons (Fsp3) is 0.222. The van der Waals surface area contributed by atoms with Crippen molar-refractivity contribution in [3.63, 3.8) is 0 Å². The van der Waals surface area contributed by atoms with E-state index in [0.717, 1.165) is 3.57 Å². The Bertz CT molecular complexity index is 325. The number of ketones is 1. The SMILES string of the molecule is COCC(=O)c1ccc(I)c(Cl)c1. The molecule has 0 saturated carbocycles. The predicted molar refractivity (Wildman–Crippen MR) is 60.4 cm³/mol. The summed E-state index contributed by atoms with van der Waals surface area (Å²) in [6.45, 7) is 0.0942. The Morgan fingerprint density at radius 3 is 2.85 bits per heavy atom. The summed E-state index contributed by atoms with van der Waals surface area (Å²) in [5, 5.41) is 0.600. The van der Waals surface area contributed by atoms with Crippen molar-refractivity contribution in [3.8, 4) is 0 Å². The van der Waals surface area contributed by atoms with E-state index in [0.29, 0.717) is 10.6 Å². The van der Waals surface area contributed by atoms with E-state index in [1.807, 2.05) is 6.07 Å². The number of rotatable bonds is 3. The molecule has 0 fully saturated rings. The van der Waals surface area contributed by atoms with Gasteiger partial charge in [0.25, 0.3) is 0 Å². The summed E-state index contributed by atoms with van der Waals surface area (Å²) in [7, 11) is 1.49. The molecule has 0 saturated heterocycles. The van der Waals surface area contributed by atoms with Crippen LogP contribution in [0.2, 0.25) is 5.02 Å². The van der Waals surface area contributed by atoms with E-state index >= 15 is 0 Å². The molecule has 1 rings (SSSR count). The fourth-order valence-corrected chi connectivity index (χ4v) is 1.40. The van der Waals surface area contributed by atoms with Crippen LogP contribution in [0.15, 0.2) is 18.2 Å². The molecule has 0 aliphatic heterocycles. The average Bonchev–Trinajstić information content (AvgIpc) is 2.10. The molecule has 0 aliphatic carbocycles. The molecule has 0 bridgehead atoms. The van der Waals surface area contributed by atoms with Crippen LogP contribution in [0.1, 0.15) is 10.4 Å². The van der Waals surface area contributed by atoms with Crippen molar-refractivity contribution in [1.82, 2.24) is 0 Å². The molecular weight excluding hydrogens is 302 g/mol. The maximum Gasteiger partial charge on any atom is 0.188 e. The van der Waals surface area contributed by atoms with Crippen molar-refractivity contribution >= 4 is 40.0 Å². The van der Waals surface area contributed by atoms with Crippen LogP contribution >= 0.6 is 34.2 Å². The van der Waals surface area contributed by atoms with Crippen LogP contribution in [0.25, 0.3) is 0 Å². The van der Waals surface area contributed by atoms with Crippen LogP contribution in [0.5, 0.6) is 0 Å². The van der Waals surface area contributed by atoms with Crippen molar-refractivity contribution in [3.05, 3.63) is 32.4 Å². The van der Waals surface area contributed by atoms with E-state index in [2.05, 4.69) is 22.6 Å². The zero-order chi connectivity index (χ0) is 9.84. The van der Waals surface area contributed by atoms with Crippen molar-refractivity contribution in [2.24, 2.45) is 0 Å². The summed E-state index contributed by atoms with van der Waals surface area (Å²) in [5.41, 5.74) is 0.590. The lowest BCUT2D eigenvalue weighted by Crippen LogP contribution is -2.06. The van der Waals surface area contributed by atoms with Gasteiger partial charge in [-0.1, -0.05) is 17.7 Å². The van der Waals surface area contributed by atoms with Crippen LogP contribution in [-0.4, -0.2) is 19.5 Å². The lowest BCUT2D eigenvalue weighted by Gasteiger charge is -2.01. The van der Waals surface area contributed by atoms with Gasteiger partial charge in [-0.3, -0.25) is 4.79 Å². The third-order valence-corrected chi connectivity index (χ3v) is 3.09. The molecule has 0 spiro atoms. The van der Waals surface area contributed by atoms with Crippen LogP contribution in [0, 0.1) is 3.57 Å². The molecule has 0 unspecified atom stereocenters. The highest BCUT2D eigenvalue weighted by atomic mass is 127. The molecule has 1 aromatic carbocycles. The topological polar surface area (TPSA) is 26.3 Å². The van der Waals surface area contributed by atoms with Crippen molar-refractivity contribution in [1.29, 1.82) is 0 Å². The summed E-state index contributed by atoms with van der Waals surface area (Å²) in [6, 6.07) is 5.21. The van der Waals surface area contributed by atoms with Gasteiger partial charge < -0.3 is 4.74 Å². The number of hydrogen-bond acceptors (Lipinski definition) is 2. The van der Waals surface area contributed by atoms with E-state index < -0.39 is 0 Å². The Labute approximate surface area is 95.4 Å². The van der Waals surface area contributed by atoms with Gasteiger partial charge in [-0.25, -0.2) is 0 Å². The van der Waals surface area contributed by atoms with Gasteiger partial charge in [0, 0.05) is 16.2 Å². The smallest absolute Gasteiger partial charge is 0.188 e. The largest absolute Gasteiger partial charge is 0.377 e. The van der Waals surface area contributed by atoms with Gasteiger partial charge in [-0.15, -0.1) is 0 Å². The molecule has 0 heterocycles. The van der Waals surface area contributed by atoms with Crippen molar-refractivity contribution < 1.29 is 9.53 Å². The maximum absolute atomic E-state index is 11.3. The van der Waals surface area contributed by atoms with E-state index in [4.69, 9.17) is 16.3 Å². The Kier molecular flexibility index (Phi) is 4.15. The number of methoxy groups -OCH3 is 1. The summed E-state index contributed by atoms with van der Waals surface area (Å²) < 4.78 is 5.67. The highest BCUT2D eigenvalue weighted by Gasteiger charge is 2.06. The molecule has 0 N–H and O–H groups in total. The second-order valence-corrected chi connectivity index (χ2v) is 4.05. The minimum absolute atomic E-state index is 0.0548. The quantitative estimate of drug-likeness (QED) is 0.634. The summed E-state index contributed by atoms with van der Waals surface area (Å²) in [6.07, 6.45) is 0. The number of hydrogen-bond donors (Lipinski definition) is 0. The van der Waals surface area contributed by atoms with Crippen LogP contribution in [-0.2, 0) is 4.74 Å². The van der Waals surface area contributed by atoms with E-state index in [-0.39, 0.29) is 12.4 Å². The third kappa shape index (κ3) is 2.93. The molecule has 2 nitrogen and oxygen atoms in total. The fourth-order valence-electron chi connectivity index (χ4n) is 0.884. The number of carbonyl (C=O) groups excluding carboxylic acids is 1. The molecule has 0 atom stereocenters. The monoisotopic (exact) mass is 310 g/mol. The number of benzene rings is 1. The molecule has 1 aromatic rings. The molecule has 4 heteroatoms. The van der Waals surface area contributed by atoms with Crippen LogP contribution in [0.4, 0.5) is 0 Å². The lowest BCUT2D eigenvalue weighted by molar-refractivity contribution is 0.0848. The first kappa shape index (κ1) is 10.9. The van der Waals surface area contributed by atoms with Crippen molar-refractivity contribution in [2.75, 3.05) is 13.7 Å². The first-order valence-electron chi connectivity index (χ1n) is 3.62. The maximum atomic E-state index is 11.3. The Morgan fingerprint density at radius 1 is 1.62 bits per heavy atom. The van der Waals surface area contributed by atoms with Gasteiger partial charge in [0.2, 0.25) is 0 Å². The molecule has 70 valence electrons. The lowest BCUT2D eigenvalue weighted by atomic mass is 10.1. The molecule has 0 aliphatic rings. The molecule has 13 heavy (non-hydrogen) atoms. The Balaban J connectivity index is 2.90. The van der Waals surface area contributed by atoms with E-state index in [1.165, 1.54) is 7.11 Å². The highest BCUT2D eigenvalue weighted by Crippen LogP contribution is 2.19. The zero-order valence-electron chi connectivity index (χ0n) is 7.01. The second-order valence-electron chi connectivity index (χ2n) is 2.49. The van der Waals surface area contributed by atoms with Gasteiger partial charge in [-0.2, -0.15) is 0 Å². The van der Waals surface area contributed by atoms with Crippen LogP contribution in [0.3, 0.4) is 0 Å². The highest BCUT2D eigenvalue weighted by molar-refractivity contribution is 14.1. The third-order valence-electron chi connectivity index (χ3n) is 1.52. The minimum Gasteiger partial charge on any atom is -0.377 e. The van der Waals surface area contributed by atoms with E-state index in [1.54, 1.807) is 12.1 Å². The number of halogens is 2. The van der Waals surface area contributed by atoms with Crippen molar-refractivity contribution in [2.45, 2.75) is 0 Å². The van der Waals surface area contributed by atoms with Gasteiger partial charge in [0.1, 0.15) is 6.61 Å².